The van der Waals surface area contributed by atoms with Crippen molar-refractivity contribution in [1.82, 2.24) is 14.8 Å². The third kappa shape index (κ3) is 4.22. The summed E-state index contributed by atoms with van der Waals surface area (Å²) in [6.45, 7) is 9.53. The number of amides is 2. The predicted octanol–water partition coefficient (Wildman–Crippen LogP) is 3.34. The van der Waals surface area contributed by atoms with Gasteiger partial charge in [-0.25, -0.2) is 4.98 Å². The number of carbonyl (C=O) groups is 2. The summed E-state index contributed by atoms with van der Waals surface area (Å²) >= 11 is 1.52. The number of likely N-dealkylation sites (tertiary alicyclic amines) is 2. The maximum atomic E-state index is 12.8. The van der Waals surface area contributed by atoms with Gasteiger partial charge in [-0.3, -0.25) is 9.59 Å². The summed E-state index contributed by atoms with van der Waals surface area (Å²) in [7, 11) is 0. The summed E-state index contributed by atoms with van der Waals surface area (Å²) in [4.78, 5) is 33.5. The number of nitrogens with zero attached hydrogens (tertiary/aromatic N) is 3. The third-order valence-electron chi connectivity index (χ3n) is 5.51. The highest BCUT2D eigenvalue weighted by molar-refractivity contribution is 7.09. The van der Waals surface area contributed by atoms with E-state index in [1.165, 1.54) is 11.3 Å². The van der Waals surface area contributed by atoms with Crippen LogP contribution in [0.2, 0.25) is 0 Å². The standard InChI is InChI=1S/C19H29N3O2S/c1-14(2)6-10-21-12-19(8-5-17(21)23)7-4-9-22(13-19)18(24)16-11-25-15(3)20-16/h11,14H,4-10,12-13H2,1-3H3. The molecule has 2 aliphatic rings. The smallest absolute Gasteiger partial charge is 0.273 e. The molecule has 2 aliphatic heterocycles. The zero-order chi connectivity index (χ0) is 18.0. The number of carbonyl (C=O) groups excluding carboxylic acids is 2. The average Bonchev–Trinajstić information content (AvgIpc) is 3.02. The van der Waals surface area contributed by atoms with Gasteiger partial charge < -0.3 is 9.80 Å². The molecule has 0 aromatic carbocycles. The Morgan fingerprint density at radius 2 is 2.16 bits per heavy atom. The second kappa shape index (κ2) is 7.44. The number of piperidine rings is 2. The van der Waals surface area contributed by atoms with Crippen molar-refractivity contribution in [1.29, 1.82) is 0 Å². The fraction of sp³-hybridized carbons (Fsp3) is 0.737. The van der Waals surface area contributed by atoms with Crippen LogP contribution in [0.25, 0.3) is 0 Å². The molecule has 25 heavy (non-hydrogen) atoms. The van der Waals surface area contributed by atoms with E-state index in [-0.39, 0.29) is 17.2 Å². The second-order valence-electron chi connectivity index (χ2n) is 8.08. The van der Waals surface area contributed by atoms with Gasteiger partial charge >= 0.3 is 0 Å². The van der Waals surface area contributed by atoms with Crippen LogP contribution >= 0.6 is 11.3 Å². The molecule has 3 heterocycles. The Labute approximate surface area is 154 Å². The van der Waals surface area contributed by atoms with E-state index in [1.807, 2.05) is 22.1 Å². The van der Waals surface area contributed by atoms with E-state index < -0.39 is 0 Å². The molecule has 5 nitrogen and oxygen atoms in total. The van der Waals surface area contributed by atoms with E-state index in [2.05, 4.69) is 18.8 Å². The molecule has 1 spiro atoms. The van der Waals surface area contributed by atoms with Crippen molar-refractivity contribution in [2.45, 2.75) is 52.9 Å². The quantitative estimate of drug-likeness (QED) is 0.824. The van der Waals surface area contributed by atoms with Gasteiger partial charge in [-0.1, -0.05) is 13.8 Å². The van der Waals surface area contributed by atoms with Crippen molar-refractivity contribution in [2.24, 2.45) is 11.3 Å². The van der Waals surface area contributed by atoms with E-state index in [1.54, 1.807) is 0 Å². The molecule has 0 saturated carbocycles. The lowest BCUT2D eigenvalue weighted by Crippen LogP contribution is -2.55. The Morgan fingerprint density at radius 3 is 2.84 bits per heavy atom. The Balaban J connectivity index is 1.68. The van der Waals surface area contributed by atoms with Crippen LogP contribution in [0.5, 0.6) is 0 Å². The van der Waals surface area contributed by atoms with Crippen molar-refractivity contribution < 1.29 is 9.59 Å². The molecule has 6 heteroatoms. The Bertz CT molecular complexity index is 642. The lowest BCUT2D eigenvalue weighted by atomic mass is 9.73. The first-order valence-corrected chi connectivity index (χ1v) is 10.3. The molecule has 2 amide bonds. The van der Waals surface area contributed by atoms with E-state index in [9.17, 15) is 9.59 Å². The summed E-state index contributed by atoms with van der Waals surface area (Å²) in [6, 6.07) is 0. The summed E-state index contributed by atoms with van der Waals surface area (Å²) in [5.41, 5.74) is 0.646. The molecular formula is C19H29N3O2S. The minimum atomic E-state index is 0.0501. The molecule has 1 aromatic heterocycles. The molecule has 138 valence electrons. The van der Waals surface area contributed by atoms with Crippen molar-refractivity contribution in [2.75, 3.05) is 26.2 Å². The minimum Gasteiger partial charge on any atom is -0.342 e. The summed E-state index contributed by atoms with van der Waals surface area (Å²) in [6.07, 6.45) is 4.70. The van der Waals surface area contributed by atoms with E-state index in [0.29, 0.717) is 18.0 Å². The summed E-state index contributed by atoms with van der Waals surface area (Å²) in [5, 5.41) is 2.79. The van der Waals surface area contributed by atoms with Gasteiger partial charge in [0.05, 0.1) is 5.01 Å². The van der Waals surface area contributed by atoms with Crippen molar-refractivity contribution in [3.05, 3.63) is 16.1 Å². The normalized spacial score (nSPS) is 24.4. The molecule has 3 rings (SSSR count). The van der Waals surface area contributed by atoms with Crippen LogP contribution in [-0.4, -0.2) is 52.8 Å². The maximum Gasteiger partial charge on any atom is 0.273 e. The fourth-order valence-corrected chi connectivity index (χ4v) is 4.64. The van der Waals surface area contributed by atoms with Gasteiger partial charge in [-0.15, -0.1) is 11.3 Å². The molecule has 0 N–H and O–H groups in total. The Kier molecular flexibility index (Phi) is 5.46. The Hall–Kier alpha value is -1.43. The Morgan fingerprint density at radius 1 is 1.36 bits per heavy atom. The maximum absolute atomic E-state index is 12.8. The highest BCUT2D eigenvalue weighted by Gasteiger charge is 2.42. The molecule has 2 fully saturated rings. The fourth-order valence-electron chi connectivity index (χ4n) is 4.06. The van der Waals surface area contributed by atoms with Crippen LogP contribution in [-0.2, 0) is 4.79 Å². The van der Waals surface area contributed by atoms with Gasteiger partial charge in [0.1, 0.15) is 5.69 Å². The lowest BCUT2D eigenvalue weighted by molar-refractivity contribution is -0.139. The van der Waals surface area contributed by atoms with Crippen LogP contribution in [0.15, 0.2) is 5.38 Å². The molecule has 0 aliphatic carbocycles. The molecule has 2 saturated heterocycles. The van der Waals surface area contributed by atoms with Gasteiger partial charge in [0, 0.05) is 43.4 Å². The number of hydrogen-bond donors (Lipinski definition) is 0. The van der Waals surface area contributed by atoms with Gasteiger partial charge in [-0.2, -0.15) is 0 Å². The van der Waals surface area contributed by atoms with Crippen molar-refractivity contribution in [3.8, 4) is 0 Å². The van der Waals surface area contributed by atoms with Crippen LogP contribution in [0, 0.1) is 18.3 Å². The highest BCUT2D eigenvalue weighted by Crippen LogP contribution is 2.39. The van der Waals surface area contributed by atoms with Gasteiger partial charge in [-0.05, 0) is 38.5 Å². The molecule has 1 atom stereocenters. The largest absolute Gasteiger partial charge is 0.342 e. The molecular weight excluding hydrogens is 334 g/mol. The second-order valence-corrected chi connectivity index (χ2v) is 9.14. The van der Waals surface area contributed by atoms with Gasteiger partial charge in [0.25, 0.3) is 5.91 Å². The molecule has 0 radical (unpaired) electrons. The number of aromatic nitrogens is 1. The topological polar surface area (TPSA) is 53.5 Å². The summed E-state index contributed by atoms with van der Waals surface area (Å²) < 4.78 is 0. The number of aryl methyl sites for hydroxylation is 1. The van der Waals surface area contributed by atoms with E-state index in [4.69, 9.17) is 0 Å². The predicted molar refractivity (Wildman–Crippen MR) is 99.7 cm³/mol. The van der Waals surface area contributed by atoms with Gasteiger partial charge in [0.15, 0.2) is 0 Å². The number of hydrogen-bond acceptors (Lipinski definition) is 4. The number of rotatable bonds is 4. The van der Waals surface area contributed by atoms with E-state index >= 15 is 0 Å². The molecule has 1 aromatic rings. The summed E-state index contributed by atoms with van der Waals surface area (Å²) in [5.74, 6) is 0.932. The monoisotopic (exact) mass is 363 g/mol. The van der Waals surface area contributed by atoms with Gasteiger partial charge in [0.2, 0.25) is 5.91 Å². The van der Waals surface area contributed by atoms with Crippen molar-refractivity contribution >= 4 is 23.2 Å². The first-order valence-electron chi connectivity index (χ1n) is 9.38. The van der Waals surface area contributed by atoms with Crippen LogP contribution < -0.4 is 0 Å². The zero-order valence-corrected chi connectivity index (χ0v) is 16.4. The third-order valence-corrected chi connectivity index (χ3v) is 6.28. The molecule has 0 bridgehead atoms. The lowest BCUT2D eigenvalue weighted by Gasteiger charge is -2.48. The van der Waals surface area contributed by atoms with Crippen LogP contribution in [0.4, 0.5) is 0 Å². The van der Waals surface area contributed by atoms with Crippen molar-refractivity contribution in [3.63, 3.8) is 0 Å². The zero-order valence-electron chi connectivity index (χ0n) is 15.6. The van der Waals surface area contributed by atoms with Crippen LogP contribution in [0.3, 0.4) is 0 Å². The minimum absolute atomic E-state index is 0.0501. The first kappa shape index (κ1) is 18.4. The SMILES string of the molecule is Cc1nc(C(=O)N2CCCC3(CCC(=O)N(CCC(C)C)C3)C2)cs1. The van der Waals surface area contributed by atoms with Crippen LogP contribution in [0.1, 0.15) is 61.4 Å². The number of thiazole rings is 1. The first-order chi connectivity index (χ1) is 11.9. The van der Waals surface area contributed by atoms with E-state index in [0.717, 1.165) is 56.9 Å². The highest BCUT2D eigenvalue weighted by atomic mass is 32.1. The average molecular weight is 364 g/mol. The molecule has 1 unspecified atom stereocenters.